The van der Waals surface area contributed by atoms with E-state index in [1.807, 2.05) is 19.1 Å². The second-order valence-electron chi connectivity index (χ2n) is 4.15. The summed E-state index contributed by atoms with van der Waals surface area (Å²) in [7, 11) is 0. The van der Waals surface area contributed by atoms with Crippen molar-refractivity contribution in [1.29, 1.82) is 0 Å². The number of amides is 1. The molecule has 0 radical (unpaired) electrons. The molecule has 1 aromatic rings. The SMILES string of the molecule is CCN(Cc1ccncc1)C(=O)CCC(C)O. The van der Waals surface area contributed by atoms with Gasteiger partial charge in [0.25, 0.3) is 0 Å². The third kappa shape index (κ3) is 4.95. The number of aliphatic hydroxyl groups excluding tert-OH is 1. The molecule has 0 fully saturated rings. The van der Waals surface area contributed by atoms with E-state index in [1.54, 1.807) is 24.2 Å². The highest BCUT2D eigenvalue weighted by atomic mass is 16.3. The van der Waals surface area contributed by atoms with Crippen LogP contribution < -0.4 is 0 Å². The number of aromatic nitrogens is 1. The summed E-state index contributed by atoms with van der Waals surface area (Å²) in [5.41, 5.74) is 1.08. The topological polar surface area (TPSA) is 53.4 Å². The number of hydrogen-bond acceptors (Lipinski definition) is 3. The quantitative estimate of drug-likeness (QED) is 0.816. The van der Waals surface area contributed by atoms with E-state index in [9.17, 15) is 4.79 Å². The highest BCUT2D eigenvalue weighted by molar-refractivity contribution is 5.76. The lowest BCUT2D eigenvalue weighted by molar-refractivity contribution is -0.132. The Hall–Kier alpha value is -1.42. The molecule has 0 aliphatic carbocycles. The Morgan fingerprint density at radius 3 is 2.65 bits per heavy atom. The van der Waals surface area contributed by atoms with Crippen LogP contribution in [0.2, 0.25) is 0 Å². The Morgan fingerprint density at radius 2 is 2.12 bits per heavy atom. The van der Waals surface area contributed by atoms with Crippen molar-refractivity contribution in [3.63, 3.8) is 0 Å². The van der Waals surface area contributed by atoms with E-state index in [1.165, 1.54) is 0 Å². The molecule has 1 N–H and O–H groups in total. The van der Waals surface area contributed by atoms with E-state index in [-0.39, 0.29) is 5.91 Å². The molecular formula is C13H20N2O2. The summed E-state index contributed by atoms with van der Waals surface area (Å²) in [6.07, 6.45) is 3.95. The number of carbonyl (C=O) groups excluding carboxylic acids is 1. The van der Waals surface area contributed by atoms with Crippen molar-refractivity contribution >= 4 is 5.91 Å². The molecule has 0 aliphatic rings. The van der Waals surface area contributed by atoms with Gasteiger partial charge in [-0.3, -0.25) is 9.78 Å². The third-order valence-electron chi connectivity index (χ3n) is 2.63. The number of nitrogens with zero attached hydrogens (tertiary/aromatic N) is 2. The summed E-state index contributed by atoms with van der Waals surface area (Å²) in [6.45, 7) is 4.95. The first-order chi connectivity index (χ1) is 8.13. The molecule has 0 spiro atoms. The van der Waals surface area contributed by atoms with E-state index < -0.39 is 6.10 Å². The summed E-state index contributed by atoms with van der Waals surface area (Å²) in [4.78, 5) is 17.6. The fourth-order valence-corrected chi connectivity index (χ4v) is 1.58. The van der Waals surface area contributed by atoms with Gasteiger partial charge in [-0.2, -0.15) is 0 Å². The summed E-state index contributed by atoms with van der Waals surface area (Å²) >= 11 is 0. The lowest BCUT2D eigenvalue weighted by Crippen LogP contribution is -2.30. The average Bonchev–Trinajstić information content (AvgIpc) is 2.34. The van der Waals surface area contributed by atoms with E-state index >= 15 is 0 Å². The van der Waals surface area contributed by atoms with Gasteiger partial charge in [0.2, 0.25) is 5.91 Å². The van der Waals surface area contributed by atoms with Crippen LogP contribution >= 0.6 is 0 Å². The Balaban J connectivity index is 2.51. The molecule has 0 bridgehead atoms. The summed E-state index contributed by atoms with van der Waals surface area (Å²) in [5.74, 6) is 0.0882. The highest BCUT2D eigenvalue weighted by Gasteiger charge is 2.12. The molecule has 0 saturated carbocycles. The molecule has 17 heavy (non-hydrogen) atoms. The Morgan fingerprint density at radius 1 is 1.47 bits per heavy atom. The van der Waals surface area contributed by atoms with E-state index in [4.69, 9.17) is 5.11 Å². The Kier molecular flexibility index (Phi) is 5.63. The van der Waals surface area contributed by atoms with Gasteiger partial charge in [0, 0.05) is 31.9 Å². The summed E-state index contributed by atoms with van der Waals surface area (Å²) < 4.78 is 0. The number of pyridine rings is 1. The Labute approximate surface area is 102 Å². The van der Waals surface area contributed by atoms with Crippen LogP contribution in [0.1, 0.15) is 32.3 Å². The molecule has 1 unspecified atom stereocenters. The molecule has 1 rings (SSSR count). The van der Waals surface area contributed by atoms with Crippen molar-refractivity contribution in [2.75, 3.05) is 6.54 Å². The predicted octanol–water partition coefficient (Wildman–Crippen LogP) is 1.59. The number of aliphatic hydroxyl groups is 1. The molecule has 1 aromatic heterocycles. The minimum Gasteiger partial charge on any atom is -0.393 e. The van der Waals surface area contributed by atoms with Crippen LogP contribution in [0.4, 0.5) is 0 Å². The molecule has 94 valence electrons. The Bertz CT molecular complexity index is 339. The normalized spacial score (nSPS) is 12.2. The van der Waals surface area contributed by atoms with Crippen molar-refractivity contribution in [2.45, 2.75) is 39.3 Å². The summed E-state index contributed by atoms with van der Waals surface area (Å²) in [6, 6.07) is 3.81. The monoisotopic (exact) mass is 236 g/mol. The van der Waals surface area contributed by atoms with Gasteiger partial charge in [0.05, 0.1) is 6.10 Å². The largest absolute Gasteiger partial charge is 0.393 e. The molecule has 1 amide bonds. The molecule has 1 heterocycles. The molecule has 0 aromatic carbocycles. The molecule has 4 heteroatoms. The van der Waals surface area contributed by atoms with Crippen LogP contribution in [0.25, 0.3) is 0 Å². The maximum atomic E-state index is 11.9. The minimum absolute atomic E-state index is 0.0882. The van der Waals surface area contributed by atoms with Crippen molar-refractivity contribution in [3.05, 3.63) is 30.1 Å². The maximum Gasteiger partial charge on any atom is 0.222 e. The van der Waals surface area contributed by atoms with Crippen LogP contribution in [0.15, 0.2) is 24.5 Å². The molecule has 1 atom stereocenters. The number of rotatable bonds is 6. The van der Waals surface area contributed by atoms with Crippen LogP contribution in [0.5, 0.6) is 0 Å². The van der Waals surface area contributed by atoms with Gasteiger partial charge < -0.3 is 10.0 Å². The number of hydrogen-bond donors (Lipinski definition) is 1. The maximum absolute atomic E-state index is 11.9. The minimum atomic E-state index is -0.418. The lowest BCUT2D eigenvalue weighted by Gasteiger charge is -2.21. The molecule has 0 saturated heterocycles. The fourth-order valence-electron chi connectivity index (χ4n) is 1.58. The predicted molar refractivity (Wildman–Crippen MR) is 66.2 cm³/mol. The third-order valence-corrected chi connectivity index (χ3v) is 2.63. The van der Waals surface area contributed by atoms with Crippen LogP contribution in [-0.4, -0.2) is 33.5 Å². The molecule has 0 aliphatic heterocycles. The van der Waals surface area contributed by atoms with Crippen molar-refractivity contribution in [3.8, 4) is 0 Å². The zero-order chi connectivity index (χ0) is 12.7. The van der Waals surface area contributed by atoms with Gasteiger partial charge in [0.15, 0.2) is 0 Å². The first-order valence-electron chi connectivity index (χ1n) is 5.98. The number of carbonyl (C=O) groups is 1. The smallest absolute Gasteiger partial charge is 0.222 e. The van der Waals surface area contributed by atoms with E-state index in [2.05, 4.69) is 4.98 Å². The van der Waals surface area contributed by atoms with Crippen LogP contribution in [0, 0.1) is 0 Å². The first-order valence-corrected chi connectivity index (χ1v) is 5.98. The standard InChI is InChI=1S/C13H20N2O2/c1-3-15(13(17)5-4-11(2)16)10-12-6-8-14-9-7-12/h6-9,11,16H,3-5,10H2,1-2H3. The zero-order valence-corrected chi connectivity index (χ0v) is 10.5. The van der Waals surface area contributed by atoms with Gasteiger partial charge in [-0.15, -0.1) is 0 Å². The van der Waals surface area contributed by atoms with Gasteiger partial charge in [-0.25, -0.2) is 0 Å². The second-order valence-corrected chi connectivity index (χ2v) is 4.15. The van der Waals surface area contributed by atoms with Crippen molar-refractivity contribution in [1.82, 2.24) is 9.88 Å². The summed E-state index contributed by atoms with van der Waals surface area (Å²) in [5, 5.41) is 9.17. The van der Waals surface area contributed by atoms with Gasteiger partial charge in [-0.1, -0.05) is 0 Å². The van der Waals surface area contributed by atoms with Crippen molar-refractivity contribution < 1.29 is 9.90 Å². The fraction of sp³-hybridized carbons (Fsp3) is 0.538. The lowest BCUT2D eigenvalue weighted by atomic mass is 10.2. The van der Waals surface area contributed by atoms with Crippen LogP contribution in [0.3, 0.4) is 0 Å². The van der Waals surface area contributed by atoms with E-state index in [0.717, 1.165) is 5.56 Å². The molecule has 4 nitrogen and oxygen atoms in total. The van der Waals surface area contributed by atoms with Gasteiger partial charge in [0.1, 0.15) is 0 Å². The highest BCUT2D eigenvalue weighted by Crippen LogP contribution is 2.07. The molecular weight excluding hydrogens is 216 g/mol. The zero-order valence-electron chi connectivity index (χ0n) is 10.5. The van der Waals surface area contributed by atoms with Gasteiger partial charge in [-0.05, 0) is 38.0 Å². The second kappa shape index (κ2) is 7.01. The van der Waals surface area contributed by atoms with Crippen LogP contribution in [-0.2, 0) is 11.3 Å². The van der Waals surface area contributed by atoms with E-state index in [0.29, 0.717) is 25.9 Å². The average molecular weight is 236 g/mol. The van der Waals surface area contributed by atoms with Gasteiger partial charge >= 0.3 is 0 Å². The van der Waals surface area contributed by atoms with Crippen molar-refractivity contribution in [2.24, 2.45) is 0 Å². The first kappa shape index (κ1) is 13.6.